The lowest BCUT2D eigenvalue weighted by Gasteiger charge is -2.31. The molecule has 26 heavy (non-hydrogen) atoms. The van der Waals surface area contributed by atoms with E-state index in [1.165, 1.54) is 16.0 Å². The molecule has 2 aliphatic heterocycles. The monoisotopic (exact) mass is 375 g/mol. The van der Waals surface area contributed by atoms with Gasteiger partial charge in [0.25, 0.3) is 5.91 Å². The zero-order valence-corrected chi connectivity index (χ0v) is 16.1. The van der Waals surface area contributed by atoms with Crippen molar-refractivity contribution in [1.82, 2.24) is 15.0 Å². The van der Waals surface area contributed by atoms with Crippen LogP contribution in [0.4, 0.5) is 0 Å². The number of amides is 1. The van der Waals surface area contributed by atoms with E-state index in [4.69, 9.17) is 4.52 Å². The summed E-state index contributed by atoms with van der Waals surface area (Å²) in [5.74, 6) is 0.972. The van der Waals surface area contributed by atoms with Gasteiger partial charge in [0, 0.05) is 48.5 Å². The summed E-state index contributed by atoms with van der Waals surface area (Å²) >= 11 is 1.68. The van der Waals surface area contributed by atoms with Gasteiger partial charge >= 0.3 is 0 Å². The van der Waals surface area contributed by atoms with Gasteiger partial charge in [-0.1, -0.05) is 5.16 Å². The number of rotatable bonds is 3. The number of fused-ring (bicyclic) bond motifs is 1. The molecule has 0 saturated carbocycles. The Hall–Kier alpha value is -1.70. The molecule has 0 aromatic carbocycles. The minimum absolute atomic E-state index is 0.0837. The number of likely N-dealkylation sites (tertiary alicyclic amines) is 1. The van der Waals surface area contributed by atoms with E-state index in [0.717, 1.165) is 62.5 Å². The molecule has 0 aliphatic carbocycles. The maximum Gasteiger partial charge on any atom is 0.255 e. The third-order valence-electron chi connectivity index (χ3n) is 5.50. The third-order valence-corrected chi connectivity index (χ3v) is 6.52. The van der Waals surface area contributed by atoms with E-state index in [1.54, 1.807) is 11.3 Å². The van der Waals surface area contributed by atoms with Crippen molar-refractivity contribution in [2.45, 2.75) is 52.3 Å². The molecule has 1 saturated heterocycles. The van der Waals surface area contributed by atoms with Crippen LogP contribution in [0.2, 0.25) is 0 Å². The number of nitrogens with zero attached hydrogens (tertiary/aromatic N) is 3. The molecule has 1 atom stereocenters. The first-order chi connectivity index (χ1) is 12.5. The third kappa shape index (κ3) is 3.31. The standard InChI is InChI=1S/C19H25N3O3S/c1-12-16(13(2)25-20-12)9-21-7-5-15-17(11-26-18(15)10-21)19(24)22-6-3-4-14(23)8-22/h11,14,23H,3-10H2,1-2H3/t14-/m0/s1. The Kier molecular flexibility index (Phi) is 4.86. The summed E-state index contributed by atoms with van der Waals surface area (Å²) in [5.41, 5.74) is 4.17. The van der Waals surface area contributed by atoms with Crippen molar-refractivity contribution in [1.29, 1.82) is 0 Å². The van der Waals surface area contributed by atoms with Crippen LogP contribution < -0.4 is 0 Å². The number of aliphatic hydroxyl groups is 1. The highest BCUT2D eigenvalue weighted by molar-refractivity contribution is 7.10. The van der Waals surface area contributed by atoms with Gasteiger partial charge < -0.3 is 14.5 Å². The molecule has 7 heteroatoms. The van der Waals surface area contributed by atoms with Crippen molar-refractivity contribution < 1.29 is 14.4 Å². The molecule has 6 nitrogen and oxygen atoms in total. The highest BCUT2D eigenvalue weighted by Crippen LogP contribution is 2.31. The fourth-order valence-corrected chi connectivity index (χ4v) is 5.07. The number of piperidine rings is 1. The zero-order chi connectivity index (χ0) is 18.3. The van der Waals surface area contributed by atoms with E-state index in [0.29, 0.717) is 6.54 Å². The maximum atomic E-state index is 12.9. The molecule has 2 aromatic rings. The van der Waals surface area contributed by atoms with E-state index < -0.39 is 0 Å². The van der Waals surface area contributed by atoms with Crippen LogP contribution in [-0.4, -0.2) is 51.7 Å². The van der Waals surface area contributed by atoms with E-state index in [-0.39, 0.29) is 12.0 Å². The van der Waals surface area contributed by atoms with Crippen molar-refractivity contribution >= 4 is 17.2 Å². The van der Waals surface area contributed by atoms with Gasteiger partial charge in [0.05, 0.1) is 17.4 Å². The molecule has 1 fully saturated rings. The second kappa shape index (κ2) is 7.13. The van der Waals surface area contributed by atoms with Gasteiger partial charge in [-0.05, 0) is 38.7 Å². The quantitative estimate of drug-likeness (QED) is 0.893. The largest absolute Gasteiger partial charge is 0.391 e. The summed E-state index contributed by atoms with van der Waals surface area (Å²) < 4.78 is 5.27. The SMILES string of the molecule is Cc1noc(C)c1CN1CCc2c(C(=O)N3CCC[C@H](O)C3)csc2C1. The molecule has 0 unspecified atom stereocenters. The highest BCUT2D eigenvalue weighted by Gasteiger charge is 2.29. The number of carbonyl (C=O) groups excluding carboxylic acids is 1. The number of thiophene rings is 1. The molecule has 1 amide bonds. The number of aryl methyl sites for hydroxylation is 2. The van der Waals surface area contributed by atoms with E-state index >= 15 is 0 Å². The van der Waals surface area contributed by atoms with Crippen LogP contribution in [0.15, 0.2) is 9.90 Å². The van der Waals surface area contributed by atoms with Crippen LogP contribution in [0.5, 0.6) is 0 Å². The van der Waals surface area contributed by atoms with Crippen LogP contribution in [0, 0.1) is 13.8 Å². The lowest BCUT2D eigenvalue weighted by molar-refractivity contribution is 0.0472. The first kappa shape index (κ1) is 17.7. The Morgan fingerprint density at radius 3 is 3.00 bits per heavy atom. The van der Waals surface area contributed by atoms with Crippen molar-refractivity contribution in [3.8, 4) is 0 Å². The Bertz CT molecular complexity index is 794. The minimum atomic E-state index is -0.382. The molecular formula is C19H25N3O3S. The lowest BCUT2D eigenvalue weighted by Crippen LogP contribution is -2.42. The normalized spacial score (nSPS) is 21.0. The van der Waals surface area contributed by atoms with Crippen LogP contribution in [-0.2, 0) is 19.5 Å². The van der Waals surface area contributed by atoms with Crippen molar-refractivity contribution in [3.63, 3.8) is 0 Å². The summed E-state index contributed by atoms with van der Waals surface area (Å²) in [4.78, 5) is 18.4. The number of aromatic nitrogens is 1. The fourth-order valence-electron chi connectivity index (χ4n) is 3.96. The molecule has 2 aliphatic rings. The predicted molar refractivity (Wildman–Crippen MR) is 99.3 cm³/mol. The molecule has 140 valence electrons. The maximum absolute atomic E-state index is 12.9. The second-order valence-corrected chi connectivity index (χ2v) is 8.33. The van der Waals surface area contributed by atoms with Crippen molar-refractivity contribution in [2.24, 2.45) is 0 Å². The van der Waals surface area contributed by atoms with Gasteiger partial charge in [-0.3, -0.25) is 9.69 Å². The Balaban J connectivity index is 1.47. The van der Waals surface area contributed by atoms with E-state index in [1.807, 2.05) is 24.1 Å². The topological polar surface area (TPSA) is 69.8 Å². The van der Waals surface area contributed by atoms with Crippen LogP contribution in [0.3, 0.4) is 0 Å². The van der Waals surface area contributed by atoms with Gasteiger partial charge in [0.1, 0.15) is 5.76 Å². The Morgan fingerprint density at radius 2 is 2.27 bits per heavy atom. The average Bonchev–Trinajstić information content (AvgIpc) is 3.19. The number of aliphatic hydroxyl groups excluding tert-OH is 1. The van der Waals surface area contributed by atoms with Crippen LogP contribution in [0.1, 0.15) is 50.7 Å². The smallest absolute Gasteiger partial charge is 0.255 e. The molecule has 2 aromatic heterocycles. The number of carbonyl (C=O) groups is 1. The van der Waals surface area contributed by atoms with Gasteiger partial charge in [-0.25, -0.2) is 0 Å². The van der Waals surface area contributed by atoms with Crippen molar-refractivity contribution in [3.05, 3.63) is 38.4 Å². The van der Waals surface area contributed by atoms with Crippen molar-refractivity contribution in [2.75, 3.05) is 19.6 Å². The van der Waals surface area contributed by atoms with Gasteiger partial charge in [-0.15, -0.1) is 11.3 Å². The summed E-state index contributed by atoms with van der Waals surface area (Å²) in [6.07, 6.45) is 2.18. The fraction of sp³-hybridized carbons (Fsp3) is 0.579. The predicted octanol–water partition coefficient (Wildman–Crippen LogP) is 2.51. The molecule has 0 radical (unpaired) electrons. The van der Waals surface area contributed by atoms with Gasteiger partial charge in [-0.2, -0.15) is 0 Å². The van der Waals surface area contributed by atoms with Crippen LogP contribution >= 0.6 is 11.3 Å². The molecule has 0 bridgehead atoms. The highest BCUT2D eigenvalue weighted by atomic mass is 32.1. The summed E-state index contributed by atoms with van der Waals surface area (Å²) in [6.45, 7) is 7.77. The van der Waals surface area contributed by atoms with E-state index in [2.05, 4.69) is 10.1 Å². The summed E-state index contributed by atoms with van der Waals surface area (Å²) in [5, 5.41) is 15.9. The summed E-state index contributed by atoms with van der Waals surface area (Å²) in [6, 6.07) is 0. The Morgan fingerprint density at radius 1 is 1.42 bits per heavy atom. The first-order valence-corrected chi connectivity index (χ1v) is 10.1. The number of hydrogen-bond acceptors (Lipinski definition) is 6. The number of hydrogen-bond donors (Lipinski definition) is 1. The number of β-amino-alcohol motifs (C(OH)–C–C–N with tert-alkyl or cyclic N) is 1. The molecule has 0 spiro atoms. The summed E-state index contributed by atoms with van der Waals surface area (Å²) in [7, 11) is 0. The lowest BCUT2D eigenvalue weighted by atomic mass is 10.0. The molecule has 4 heterocycles. The van der Waals surface area contributed by atoms with Gasteiger partial charge in [0.2, 0.25) is 0 Å². The van der Waals surface area contributed by atoms with Crippen LogP contribution in [0.25, 0.3) is 0 Å². The molecule has 4 rings (SSSR count). The second-order valence-electron chi connectivity index (χ2n) is 7.36. The van der Waals surface area contributed by atoms with E-state index in [9.17, 15) is 9.90 Å². The van der Waals surface area contributed by atoms with Gasteiger partial charge in [0.15, 0.2) is 0 Å². The molecular weight excluding hydrogens is 350 g/mol. The zero-order valence-electron chi connectivity index (χ0n) is 15.3. The Labute approximate surface area is 157 Å². The average molecular weight is 375 g/mol. The molecule has 1 N–H and O–H groups in total. The first-order valence-electron chi connectivity index (χ1n) is 9.23. The minimum Gasteiger partial charge on any atom is -0.391 e.